The van der Waals surface area contributed by atoms with Gasteiger partial charge in [-0.25, -0.2) is 0 Å². The summed E-state index contributed by atoms with van der Waals surface area (Å²) in [5.74, 6) is -0.0203. The number of hydrogen-bond acceptors (Lipinski definition) is 3. The highest BCUT2D eigenvalue weighted by atomic mass is 16.3. The van der Waals surface area contributed by atoms with Gasteiger partial charge in [-0.15, -0.1) is 0 Å². The molecule has 0 spiro atoms. The molecule has 0 heterocycles. The summed E-state index contributed by atoms with van der Waals surface area (Å²) in [6.07, 6.45) is 3.57. The van der Waals surface area contributed by atoms with Crippen LogP contribution in [-0.2, 0) is 0 Å². The molecule has 17 heavy (non-hydrogen) atoms. The van der Waals surface area contributed by atoms with Crippen LogP contribution in [0.4, 0.5) is 0 Å². The highest BCUT2D eigenvalue weighted by molar-refractivity contribution is 6.10. The van der Waals surface area contributed by atoms with Gasteiger partial charge >= 0.3 is 0 Å². The zero-order chi connectivity index (χ0) is 12.8. The lowest BCUT2D eigenvalue weighted by Gasteiger charge is -2.03. The molecule has 0 atom stereocenters. The largest absolute Gasteiger partial charge is 0.507 e. The molecule has 0 unspecified atom stereocenters. The summed E-state index contributed by atoms with van der Waals surface area (Å²) in [6, 6.07) is 6.83. The van der Waals surface area contributed by atoms with Gasteiger partial charge in [0, 0.05) is 11.9 Å². The quantitative estimate of drug-likeness (QED) is 0.804. The third kappa shape index (κ3) is 3.32. The number of phenols is 1. The fourth-order valence-corrected chi connectivity index (χ4v) is 1.30. The summed E-state index contributed by atoms with van der Waals surface area (Å²) in [7, 11) is 0. The molecule has 0 saturated carbocycles. The highest BCUT2D eigenvalue weighted by Gasteiger charge is 2.03. The lowest BCUT2D eigenvalue weighted by Crippen LogP contribution is -1.87. The molecule has 3 heteroatoms. The van der Waals surface area contributed by atoms with Gasteiger partial charge in [0.05, 0.1) is 5.56 Å². The Labute approximate surface area is 101 Å². The predicted octanol–water partition coefficient (Wildman–Crippen LogP) is 3.27. The molecule has 0 bridgehead atoms. The summed E-state index contributed by atoms with van der Waals surface area (Å²) in [4.78, 5) is 4.11. The van der Waals surface area contributed by atoms with Crippen LogP contribution in [0, 0.1) is 11.3 Å². The van der Waals surface area contributed by atoms with Gasteiger partial charge in [0.1, 0.15) is 11.8 Å². The van der Waals surface area contributed by atoms with E-state index in [2.05, 4.69) is 11.6 Å². The van der Waals surface area contributed by atoms with E-state index in [1.807, 2.05) is 19.1 Å². The average Bonchev–Trinajstić information content (AvgIpc) is 2.29. The Kier molecular flexibility index (Phi) is 4.24. The molecular weight excluding hydrogens is 212 g/mol. The summed E-state index contributed by atoms with van der Waals surface area (Å²) in [5.41, 5.74) is 2.66. The SMILES string of the molecule is C=C(C)N=C/C(=C\C)c1ccc(C#N)c(O)c1. The van der Waals surface area contributed by atoms with Crippen LogP contribution in [0.3, 0.4) is 0 Å². The summed E-state index contributed by atoms with van der Waals surface area (Å²) < 4.78 is 0. The van der Waals surface area contributed by atoms with Crippen LogP contribution in [0.1, 0.15) is 25.0 Å². The van der Waals surface area contributed by atoms with Crippen molar-refractivity contribution in [3.8, 4) is 11.8 Å². The van der Waals surface area contributed by atoms with Crippen molar-refractivity contribution in [2.75, 3.05) is 0 Å². The molecule has 1 aromatic carbocycles. The van der Waals surface area contributed by atoms with Gasteiger partial charge in [0.25, 0.3) is 0 Å². The van der Waals surface area contributed by atoms with E-state index in [0.29, 0.717) is 5.70 Å². The van der Waals surface area contributed by atoms with Crippen LogP contribution in [0.2, 0.25) is 0 Å². The minimum absolute atomic E-state index is 0.0203. The molecule has 0 aliphatic rings. The molecule has 0 amide bonds. The predicted molar refractivity (Wildman–Crippen MR) is 69.8 cm³/mol. The zero-order valence-corrected chi connectivity index (χ0v) is 9.94. The van der Waals surface area contributed by atoms with E-state index in [-0.39, 0.29) is 11.3 Å². The Bertz CT molecular complexity index is 534. The first-order valence-electron chi connectivity index (χ1n) is 5.18. The molecule has 0 aromatic heterocycles. The number of aliphatic imine (C=N–C) groups is 1. The van der Waals surface area contributed by atoms with E-state index in [9.17, 15) is 5.11 Å². The van der Waals surface area contributed by atoms with Crippen molar-refractivity contribution in [3.05, 3.63) is 47.7 Å². The van der Waals surface area contributed by atoms with Gasteiger partial charge < -0.3 is 5.11 Å². The molecule has 1 aromatic rings. The van der Waals surface area contributed by atoms with Crippen LogP contribution in [0.25, 0.3) is 5.57 Å². The smallest absolute Gasteiger partial charge is 0.133 e. The monoisotopic (exact) mass is 226 g/mol. The standard InChI is InChI=1S/C14H14N2O/c1-4-11(9-16-10(2)3)12-5-6-13(8-15)14(17)7-12/h4-7,9,17H,2H2,1,3H3/b11-4+,16-9?. The summed E-state index contributed by atoms with van der Waals surface area (Å²) >= 11 is 0. The van der Waals surface area contributed by atoms with Crippen molar-refractivity contribution in [3.63, 3.8) is 0 Å². The van der Waals surface area contributed by atoms with Crippen molar-refractivity contribution in [1.82, 2.24) is 0 Å². The van der Waals surface area contributed by atoms with E-state index in [1.54, 1.807) is 31.3 Å². The Morgan fingerprint density at radius 2 is 2.24 bits per heavy atom. The number of hydrogen-bond donors (Lipinski definition) is 1. The minimum atomic E-state index is -0.0203. The van der Waals surface area contributed by atoms with Crippen LogP contribution in [-0.4, -0.2) is 11.3 Å². The molecular formula is C14H14N2O. The van der Waals surface area contributed by atoms with E-state index >= 15 is 0 Å². The second kappa shape index (κ2) is 5.66. The Hall–Kier alpha value is -2.34. The van der Waals surface area contributed by atoms with E-state index in [1.165, 1.54) is 0 Å². The first-order chi connectivity index (χ1) is 8.08. The molecule has 0 aliphatic carbocycles. The maximum atomic E-state index is 9.60. The Morgan fingerprint density at radius 1 is 1.53 bits per heavy atom. The Morgan fingerprint density at radius 3 is 2.71 bits per heavy atom. The number of nitrogens with zero attached hydrogens (tertiary/aromatic N) is 2. The van der Waals surface area contributed by atoms with E-state index in [4.69, 9.17) is 5.26 Å². The molecule has 1 rings (SSSR count). The molecule has 0 aliphatic heterocycles. The molecule has 3 nitrogen and oxygen atoms in total. The van der Waals surface area contributed by atoms with Crippen molar-refractivity contribution < 1.29 is 5.11 Å². The highest BCUT2D eigenvalue weighted by Crippen LogP contribution is 2.22. The van der Waals surface area contributed by atoms with Crippen LogP contribution >= 0.6 is 0 Å². The lowest BCUT2D eigenvalue weighted by molar-refractivity contribution is 0.473. The summed E-state index contributed by atoms with van der Waals surface area (Å²) in [6.45, 7) is 7.37. The van der Waals surface area contributed by atoms with Gasteiger partial charge in [0.15, 0.2) is 0 Å². The van der Waals surface area contributed by atoms with Gasteiger partial charge in [-0.05, 0) is 37.1 Å². The van der Waals surface area contributed by atoms with Crippen molar-refractivity contribution >= 4 is 11.8 Å². The van der Waals surface area contributed by atoms with Crippen LogP contribution in [0.15, 0.2) is 41.5 Å². The third-order valence-corrected chi connectivity index (χ3v) is 2.19. The number of phenolic OH excluding ortho intramolecular Hbond substituents is 1. The number of aromatic hydroxyl groups is 1. The van der Waals surface area contributed by atoms with Crippen molar-refractivity contribution in [1.29, 1.82) is 5.26 Å². The van der Waals surface area contributed by atoms with E-state index < -0.39 is 0 Å². The maximum Gasteiger partial charge on any atom is 0.133 e. The average molecular weight is 226 g/mol. The van der Waals surface area contributed by atoms with Gasteiger partial charge in [-0.2, -0.15) is 5.26 Å². The maximum absolute atomic E-state index is 9.60. The number of nitriles is 1. The second-order valence-corrected chi connectivity index (χ2v) is 3.58. The summed E-state index contributed by atoms with van der Waals surface area (Å²) in [5, 5.41) is 18.3. The lowest BCUT2D eigenvalue weighted by atomic mass is 10.0. The van der Waals surface area contributed by atoms with Crippen molar-refractivity contribution in [2.45, 2.75) is 13.8 Å². The van der Waals surface area contributed by atoms with Gasteiger partial charge in [-0.1, -0.05) is 18.7 Å². The molecule has 1 N–H and O–H groups in total. The fourth-order valence-electron chi connectivity index (χ4n) is 1.30. The van der Waals surface area contributed by atoms with Crippen LogP contribution in [0.5, 0.6) is 5.75 Å². The van der Waals surface area contributed by atoms with Crippen LogP contribution < -0.4 is 0 Å². The molecule has 86 valence electrons. The van der Waals surface area contributed by atoms with Gasteiger partial charge in [-0.3, -0.25) is 4.99 Å². The normalized spacial score (nSPS) is 11.5. The van der Waals surface area contributed by atoms with Gasteiger partial charge in [0.2, 0.25) is 0 Å². The second-order valence-electron chi connectivity index (χ2n) is 3.58. The molecule has 0 saturated heterocycles. The van der Waals surface area contributed by atoms with Crippen molar-refractivity contribution in [2.24, 2.45) is 4.99 Å². The molecule has 0 fully saturated rings. The number of rotatable bonds is 3. The fraction of sp³-hybridized carbons (Fsp3) is 0.143. The molecule has 0 radical (unpaired) electrons. The Balaban J connectivity index is 3.11. The first kappa shape index (κ1) is 12.7. The first-order valence-corrected chi connectivity index (χ1v) is 5.18. The zero-order valence-electron chi connectivity index (χ0n) is 9.94. The number of benzene rings is 1. The minimum Gasteiger partial charge on any atom is -0.507 e. The number of allylic oxidation sites excluding steroid dienone is 3. The topological polar surface area (TPSA) is 56.4 Å². The third-order valence-electron chi connectivity index (χ3n) is 2.19. The van der Waals surface area contributed by atoms with E-state index in [0.717, 1.165) is 11.1 Å².